The van der Waals surface area contributed by atoms with Gasteiger partial charge in [-0.05, 0) is 49.7 Å². The average molecular weight is 283 g/mol. The molecule has 1 aromatic heterocycles. The summed E-state index contributed by atoms with van der Waals surface area (Å²) in [6.07, 6.45) is 0.831. The molecule has 21 heavy (non-hydrogen) atoms. The predicted octanol–water partition coefficient (Wildman–Crippen LogP) is 2.16. The minimum atomic E-state index is -0.00222. The van der Waals surface area contributed by atoms with Crippen LogP contribution in [-0.2, 0) is 13.0 Å². The maximum absolute atomic E-state index is 12.4. The summed E-state index contributed by atoms with van der Waals surface area (Å²) < 4.78 is 0. The number of amides is 1. The van der Waals surface area contributed by atoms with Crippen LogP contribution in [0.2, 0.25) is 0 Å². The molecule has 0 radical (unpaired) electrons. The molecule has 1 aromatic carbocycles. The summed E-state index contributed by atoms with van der Waals surface area (Å²) in [6.45, 7) is 3.07. The van der Waals surface area contributed by atoms with Crippen molar-refractivity contribution in [3.8, 4) is 0 Å². The molecule has 0 unspecified atom stereocenters. The summed E-state index contributed by atoms with van der Waals surface area (Å²) in [6, 6.07) is 13.5. The minimum absolute atomic E-state index is 0.00222. The van der Waals surface area contributed by atoms with Gasteiger partial charge in [-0.15, -0.1) is 0 Å². The van der Waals surface area contributed by atoms with Gasteiger partial charge in [-0.3, -0.25) is 9.78 Å². The van der Waals surface area contributed by atoms with E-state index in [1.54, 1.807) is 11.9 Å². The number of nitrogens with zero attached hydrogens (tertiary/aromatic N) is 2. The molecule has 2 aromatic rings. The molecule has 1 heterocycles. The molecule has 4 nitrogen and oxygen atoms in total. The fourth-order valence-corrected chi connectivity index (χ4v) is 2.20. The van der Waals surface area contributed by atoms with Gasteiger partial charge in [0.2, 0.25) is 0 Å². The van der Waals surface area contributed by atoms with Crippen molar-refractivity contribution in [2.45, 2.75) is 19.9 Å². The summed E-state index contributed by atoms with van der Waals surface area (Å²) in [4.78, 5) is 18.5. The molecule has 1 amide bonds. The van der Waals surface area contributed by atoms with Gasteiger partial charge < -0.3 is 10.6 Å². The van der Waals surface area contributed by atoms with Crippen LogP contribution in [0.5, 0.6) is 0 Å². The normalized spacial score (nSPS) is 10.4. The number of rotatable bonds is 5. The van der Waals surface area contributed by atoms with Gasteiger partial charge in [0.1, 0.15) is 0 Å². The summed E-state index contributed by atoms with van der Waals surface area (Å²) in [5, 5.41) is 0. The van der Waals surface area contributed by atoms with Crippen molar-refractivity contribution in [1.82, 2.24) is 9.88 Å². The molecule has 2 N–H and O–H groups in total. The molecular formula is C17H21N3O. The molecule has 0 atom stereocenters. The lowest BCUT2D eigenvalue weighted by atomic mass is 10.1. The highest BCUT2D eigenvalue weighted by molar-refractivity contribution is 5.94. The lowest BCUT2D eigenvalue weighted by Crippen LogP contribution is -2.26. The summed E-state index contributed by atoms with van der Waals surface area (Å²) in [7, 11) is 1.79. The van der Waals surface area contributed by atoms with Crippen molar-refractivity contribution in [2.24, 2.45) is 5.73 Å². The molecule has 110 valence electrons. The zero-order valence-corrected chi connectivity index (χ0v) is 12.5. The van der Waals surface area contributed by atoms with E-state index in [1.165, 1.54) is 0 Å². The zero-order valence-electron chi connectivity index (χ0n) is 12.5. The standard InChI is InChI=1S/C17H21N3O/c1-13-4-3-5-16(19-13)12-20(2)17(21)15-8-6-14(7-9-15)10-11-18/h3-9H,10-12,18H2,1-2H3. The Hall–Kier alpha value is -2.20. The van der Waals surface area contributed by atoms with Crippen LogP contribution >= 0.6 is 0 Å². The first kappa shape index (κ1) is 15.2. The highest BCUT2D eigenvalue weighted by Crippen LogP contribution is 2.10. The highest BCUT2D eigenvalue weighted by atomic mass is 16.2. The van der Waals surface area contributed by atoms with Crippen LogP contribution in [0.3, 0.4) is 0 Å². The van der Waals surface area contributed by atoms with Gasteiger partial charge in [0.25, 0.3) is 5.91 Å². The van der Waals surface area contributed by atoms with Crippen LogP contribution < -0.4 is 5.73 Å². The molecule has 0 aliphatic heterocycles. The van der Waals surface area contributed by atoms with Gasteiger partial charge in [-0.1, -0.05) is 18.2 Å². The Kier molecular flexibility index (Phi) is 5.06. The fraction of sp³-hybridized carbons (Fsp3) is 0.294. The number of hydrogen-bond acceptors (Lipinski definition) is 3. The SMILES string of the molecule is Cc1cccc(CN(C)C(=O)c2ccc(CCN)cc2)n1. The summed E-state index contributed by atoms with van der Waals surface area (Å²) in [5.74, 6) is -0.00222. The third-order valence-corrected chi connectivity index (χ3v) is 3.33. The Labute approximate surface area is 125 Å². The summed E-state index contributed by atoms with van der Waals surface area (Å²) in [5.41, 5.74) is 9.21. The van der Waals surface area contributed by atoms with E-state index in [4.69, 9.17) is 5.73 Å². The second-order valence-corrected chi connectivity index (χ2v) is 5.17. The van der Waals surface area contributed by atoms with E-state index in [-0.39, 0.29) is 5.91 Å². The molecule has 0 spiro atoms. The maximum Gasteiger partial charge on any atom is 0.253 e. The Bertz CT molecular complexity index is 608. The number of aromatic nitrogens is 1. The van der Waals surface area contributed by atoms with Gasteiger partial charge in [0.05, 0.1) is 12.2 Å². The monoisotopic (exact) mass is 283 g/mol. The van der Waals surface area contributed by atoms with Crippen LogP contribution in [0.15, 0.2) is 42.5 Å². The van der Waals surface area contributed by atoms with E-state index in [9.17, 15) is 4.79 Å². The topological polar surface area (TPSA) is 59.2 Å². The van der Waals surface area contributed by atoms with Gasteiger partial charge >= 0.3 is 0 Å². The molecule has 0 aliphatic carbocycles. The largest absolute Gasteiger partial charge is 0.336 e. The molecule has 0 bridgehead atoms. The quantitative estimate of drug-likeness (QED) is 0.915. The number of carbonyl (C=O) groups excluding carboxylic acids is 1. The number of pyridine rings is 1. The molecule has 0 saturated heterocycles. The second kappa shape index (κ2) is 6.99. The number of aryl methyl sites for hydroxylation is 1. The highest BCUT2D eigenvalue weighted by Gasteiger charge is 2.12. The molecule has 0 aliphatic rings. The van der Waals surface area contributed by atoms with Crippen molar-refractivity contribution >= 4 is 5.91 Å². The van der Waals surface area contributed by atoms with Crippen LogP contribution in [0.4, 0.5) is 0 Å². The van der Waals surface area contributed by atoms with Gasteiger partial charge in [-0.2, -0.15) is 0 Å². The average Bonchev–Trinajstić information content (AvgIpc) is 2.47. The van der Waals surface area contributed by atoms with E-state index in [1.807, 2.05) is 49.4 Å². The van der Waals surface area contributed by atoms with E-state index >= 15 is 0 Å². The van der Waals surface area contributed by atoms with Gasteiger partial charge in [-0.25, -0.2) is 0 Å². The van der Waals surface area contributed by atoms with Crippen LogP contribution in [0.1, 0.15) is 27.3 Å². The van der Waals surface area contributed by atoms with Crippen LogP contribution in [0, 0.1) is 6.92 Å². The first-order valence-electron chi connectivity index (χ1n) is 7.07. The van der Waals surface area contributed by atoms with E-state index in [2.05, 4.69) is 4.98 Å². The number of nitrogens with two attached hydrogens (primary N) is 1. The fourth-order valence-electron chi connectivity index (χ4n) is 2.20. The third-order valence-electron chi connectivity index (χ3n) is 3.33. The molecule has 0 saturated carbocycles. The first-order chi connectivity index (χ1) is 10.1. The zero-order chi connectivity index (χ0) is 15.2. The Morgan fingerprint density at radius 3 is 2.52 bits per heavy atom. The second-order valence-electron chi connectivity index (χ2n) is 5.17. The van der Waals surface area contributed by atoms with E-state index in [0.29, 0.717) is 18.7 Å². The smallest absolute Gasteiger partial charge is 0.253 e. The number of benzene rings is 1. The number of carbonyl (C=O) groups is 1. The summed E-state index contributed by atoms with van der Waals surface area (Å²) >= 11 is 0. The molecule has 2 rings (SSSR count). The Balaban J connectivity index is 2.04. The van der Waals surface area contributed by atoms with Crippen molar-refractivity contribution < 1.29 is 4.79 Å². The number of hydrogen-bond donors (Lipinski definition) is 1. The predicted molar refractivity (Wildman–Crippen MR) is 84.0 cm³/mol. The van der Waals surface area contributed by atoms with Crippen molar-refractivity contribution in [1.29, 1.82) is 0 Å². The van der Waals surface area contributed by atoms with Crippen LogP contribution in [0.25, 0.3) is 0 Å². The Morgan fingerprint density at radius 2 is 1.90 bits per heavy atom. The van der Waals surface area contributed by atoms with E-state index in [0.717, 1.165) is 23.4 Å². The molecule has 4 heteroatoms. The third kappa shape index (κ3) is 4.13. The van der Waals surface area contributed by atoms with Crippen molar-refractivity contribution in [2.75, 3.05) is 13.6 Å². The molecular weight excluding hydrogens is 262 g/mol. The van der Waals surface area contributed by atoms with Gasteiger partial charge in [0.15, 0.2) is 0 Å². The van der Waals surface area contributed by atoms with Crippen molar-refractivity contribution in [3.63, 3.8) is 0 Å². The van der Waals surface area contributed by atoms with Crippen LogP contribution in [-0.4, -0.2) is 29.4 Å². The Morgan fingerprint density at radius 1 is 1.19 bits per heavy atom. The van der Waals surface area contributed by atoms with E-state index < -0.39 is 0 Å². The first-order valence-corrected chi connectivity index (χ1v) is 7.07. The molecule has 0 fully saturated rings. The minimum Gasteiger partial charge on any atom is -0.336 e. The maximum atomic E-state index is 12.4. The lowest BCUT2D eigenvalue weighted by molar-refractivity contribution is 0.0783. The van der Waals surface area contributed by atoms with Gasteiger partial charge in [0, 0.05) is 18.3 Å². The lowest BCUT2D eigenvalue weighted by Gasteiger charge is -2.17. The van der Waals surface area contributed by atoms with Crippen molar-refractivity contribution in [3.05, 3.63) is 65.0 Å².